The van der Waals surface area contributed by atoms with Gasteiger partial charge in [-0.2, -0.15) is 0 Å². The molecule has 1 aromatic rings. The average Bonchev–Trinajstić information content (AvgIpc) is 2.20. The molecule has 82 valence electrons. The van der Waals surface area contributed by atoms with Gasteiger partial charge >= 0.3 is 5.97 Å². The molecule has 1 rings (SSSR count). The van der Waals surface area contributed by atoms with Crippen LogP contribution in [0.2, 0.25) is 0 Å². The molecule has 0 unspecified atom stereocenters. The summed E-state index contributed by atoms with van der Waals surface area (Å²) >= 11 is 0. The maximum Gasteiger partial charge on any atom is 0.341 e. The quantitative estimate of drug-likeness (QED) is 0.685. The number of hydrogen-bond acceptors (Lipinski definition) is 5. The predicted octanol–water partition coefficient (Wildman–Crippen LogP) is 0.387. The van der Waals surface area contributed by atoms with Crippen LogP contribution in [0.4, 0.5) is 5.69 Å². The highest BCUT2D eigenvalue weighted by atomic mass is 16.5. The second kappa shape index (κ2) is 5.16. The summed E-state index contributed by atoms with van der Waals surface area (Å²) in [6.45, 7) is 0.610. The van der Waals surface area contributed by atoms with Gasteiger partial charge in [0.05, 0.1) is 18.5 Å². The van der Waals surface area contributed by atoms with E-state index in [1.54, 1.807) is 0 Å². The minimum Gasteiger partial charge on any atom is -0.477 e. The number of aromatic nitrogens is 1. The number of hydrogen-bond donors (Lipinski definition) is 2. The number of anilines is 1. The molecule has 0 amide bonds. The normalized spacial score (nSPS) is 9.93. The number of methoxy groups -OCH3 is 1. The monoisotopic (exact) mass is 212 g/mol. The van der Waals surface area contributed by atoms with Crippen molar-refractivity contribution in [1.82, 2.24) is 4.98 Å². The van der Waals surface area contributed by atoms with E-state index in [1.807, 2.05) is 0 Å². The third kappa shape index (κ3) is 3.10. The van der Waals surface area contributed by atoms with Gasteiger partial charge < -0.3 is 20.3 Å². The van der Waals surface area contributed by atoms with Gasteiger partial charge in [-0.05, 0) is 6.07 Å². The molecule has 0 bridgehead atoms. The summed E-state index contributed by atoms with van der Waals surface area (Å²) in [6.07, 6.45) is 1.34. The van der Waals surface area contributed by atoms with Crippen molar-refractivity contribution >= 4 is 11.7 Å². The number of pyridine rings is 1. The Morgan fingerprint density at radius 1 is 1.60 bits per heavy atom. The van der Waals surface area contributed by atoms with Crippen molar-refractivity contribution in [2.75, 3.05) is 26.1 Å². The van der Waals surface area contributed by atoms with Crippen LogP contribution < -0.4 is 10.5 Å². The Balaban J connectivity index is 2.81. The maximum atomic E-state index is 10.8. The largest absolute Gasteiger partial charge is 0.477 e. The summed E-state index contributed by atoms with van der Waals surface area (Å²) in [5.41, 5.74) is 5.65. The molecular formula is C9H12N2O4. The molecule has 0 fully saturated rings. The van der Waals surface area contributed by atoms with E-state index in [4.69, 9.17) is 20.3 Å². The number of carboxylic acid groups (broad SMARTS) is 1. The van der Waals surface area contributed by atoms with Crippen LogP contribution in [-0.2, 0) is 4.74 Å². The van der Waals surface area contributed by atoms with Gasteiger partial charge in [0.25, 0.3) is 0 Å². The average molecular weight is 212 g/mol. The van der Waals surface area contributed by atoms with E-state index in [0.717, 1.165) is 0 Å². The smallest absolute Gasteiger partial charge is 0.341 e. The van der Waals surface area contributed by atoms with Crippen LogP contribution in [0.5, 0.6) is 5.88 Å². The molecular weight excluding hydrogens is 200 g/mol. The highest BCUT2D eigenvalue weighted by Gasteiger charge is 2.13. The lowest BCUT2D eigenvalue weighted by atomic mass is 10.2. The molecule has 1 aromatic heterocycles. The molecule has 6 heteroatoms. The second-order valence-corrected chi connectivity index (χ2v) is 2.77. The first-order valence-electron chi connectivity index (χ1n) is 4.25. The van der Waals surface area contributed by atoms with Crippen LogP contribution in [0.3, 0.4) is 0 Å². The van der Waals surface area contributed by atoms with Crippen LogP contribution in [0.15, 0.2) is 12.3 Å². The van der Waals surface area contributed by atoms with Crippen molar-refractivity contribution < 1.29 is 19.4 Å². The Labute approximate surface area is 86.6 Å². The summed E-state index contributed by atoms with van der Waals surface area (Å²) in [5.74, 6) is -1.07. The molecule has 0 atom stereocenters. The van der Waals surface area contributed by atoms with Gasteiger partial charge in [-0.3, -0.25) is 0 Å². The Bertz CT molecular complexity index is 354. The number of carboxylic acids is 1. The fraction of sp³-hybridized carbons (Fsp3) is 0.333. The number of carbonyl (C=O) groups is 1. The van der Waals surface area contributed by atoms with Crippen molar-refractivity contribution in [3.63, 3.8) is 0 Å². The zero-order chi connectivity index (χ0) is 11.3. The van der Waals surface area contributed by atoms with E-state index >= 15 is 0 Å². The van der Waals surface area contributed by atoms with Gasteiger partial charge in [0.15, 0.2) is 0 Å². The first kappa shape index (κ1) is 11.3. The van der Waals surface area contributed by atoms with E-state index in [9.17, 15) is 4.79 Å². The summed E-state index contributed by atoms with van der Waals surface area (Å²) in [5, 5.41) is 8.84. The van der Waals surface area contributed by atoms with Crippen LogP contribution in [0.25, 0.3) is 0 Å². The van der Waals surface area contributed by atoms with Crippen LogP contribution >= 0.6 is 0 Å². The van der Waals surface area contributed by atoms with E-state index < -0.39 is 5.97 Å². The summed E-state index contributed by atoms with van der Waals surface area (Å²) < 4.78 is 9.88. The Kier molecular flexibility index (Phi) is 3.87. The van der Waals surface area contributed by atoms with Crippen molar-refractivity contribution in [2.45, 2.75) is 0 Å². The summed E-state index contributed by atoms with van der Waals surface area (Å²) in [7, 11) is 1.53. The van der Waals surface area contributed by atoms with Crippen molar-refractivity contribution in [3.8, 4) is 5.88 Å². The van der Waals surface area contributed by atoms with Gasteiger partial charge in [0, 0.05) is 7.11 Å². The number of nitrogens with zero attached hydrogens (tertiary/aromatic N) is 1. The molecule has 0 aromatic carbocycles. The number of ether oxygens (including phenoxy) is 2. The molecule has 15 heavy (non-hydrogen) atoms. The lowest BCUT2D eigenvalue weighted by Crippen LogP contribution is -2.10. The Hall–Kier alpha value is -1.82. The predicted molar refractivity (Wildman–Crippen MR) is 53.0 cm³/mol. The Morgan fingerprint density at radius 2 is 2.33 bits per heavy atom. The molecule has 0 aliphatic carbocycles. The maximum absolute atomic E-state index is 10.8. The van der Waals surface area contributed by atoms with Gasteiger partial charge in [-0.25, -0.2) is 9.78 Å². The lowest BCUT2D eigenvalue weighted by Gasteiger charge is -2.07. The highest BCUT2D eigenvalue weighted by molar-refractivity contribution is 5.91. The number of nitrogens with two attached hydrogens (primary N) is 1. The third-order valence-electron chi connectivity index (χ3n) is 1.63. The minimum atomic E-state index is -1.12. The first-order valence-corrected chi connectivity index (χ1v) is 4.25. The van der Waals surface area contributed by atoms with E-state index in [0.29, 0.717) is 6.61 Å². The van der Waals surface area contributed by atoms with E-state index in [1.165, 1.54) is 19.4 Å². The zero-order valence-electron chi connectivity index (χ0n) is 8.27. The fourth-order valence-electron chi connectivity index (χ4n) is 0.958. The number of rotatable bonds is 5. The van der Waals surface area contributed by atoms with Gasteiger partial charge in [-0.15, -0.1) is 0 Å². The third-order valence-corrected chi connectivity index (χ3v) is 1.63. The molecule has 0 aliphatic rings. The molecule has 0 spiro atoms. The van der Waals surface area contributed by atoms with Crippen LogP contribution in [0, 0.1) is 0 Å². The van der Waals surface area contributed by atoms with Crippen LogP contribution in [0.1, 0.15) is 10.4 Å². The topological polar surface area (TPSA) is 94.7 Å². The van der Waals surface area contributed by atoms with Crippen molar-refractivity contribution in [2.24, 2.45) is 0 Å². The molecule has 6 nitrogen and oxygen atoms in total. The number of aromatic carboxylic acids is 1. The molecule has 0 aliphatic heterocycles. The zero-order valence-corrected chi connectivity index (χ0v) is 8.27. The second-order valence-electron chi connectivity index (χ2n) is 2.77. The van der Waals surface area contributed by atoms with Crippen molar-refractivity contribution in [1.29, 1.82) is 0 Å². The minimum absolute atomic E-state index is 0.0498. The standard InChI is InChI=1S/C9H12N2O4/c1-14-2-3-15-8-7(9(12)13)4-6(10)5-11-8/h4-5H,2-3,10H2,1H3,(H,12,13). The Morgan fingerprint density at radius 3 is 2.93 bits per heavy atom. The van der Waals surface area contributed by atoms with E-state index in [2.05, 4.69) is 4.98 Å². The van der Waals surface area contributed by atoms with E-state index in [-0.39, 0.29) is 23.7 Å². The molecule has 0 saturated carbocycles. The van der Waals surface area contributed by atoms with Crippen LogP contribution in [-0.4, -0.2) is 36.4 Å². The van der Waals surface area contributed by atoms with Gasteiger partial charge in [0.2, 0.25) is 5.88 Å². The number of nitrogen functional groups attached to an aromatic ring is 1. The summed E-state index contributed by atoms with van der Waals surface area (Å²) in [4.78, 5) is 14.6. The molecule has 0 radical (unpaired) electrons. The summed E-state index contributed by atoms with van der Waals surface area (Å²) in [6, 6.07) is 1.30. The molecule has 3 N–H and O–H groups in total. The lowest BCUT2D eigenvalue weighted by molar-refractivity contribution is 0.0688. The SMILES string of the molecule is COCCOc1ncc(N)cc1C(=O)O. The first-order chi connectivity index (χ1) is 7.15. The fourth-order valence-corrected chi connectivity index (χ4v) is 0.958. The van der Waals surface area contributed by atoms with Crippen molar-refractivity contribution in [3.05, 3.63) is 17.8 Å². The molecule has 0 saturated heterocycles. The van der Waals surface area contributed by atoms with Gasteiger partial charge in [-0.1, -0.05) is 0 Å². The van der Waals surface area contributed by atoms with Gasteiger partial charge in [0.1, 0.15) is 12.2 Å². The highest BCUT2D eigenvalue weighted by Crippen LogP contribution is 2.17. The molecule has 1 heterocycles.